The van der Waals surface area contributed by atoms with Gasteiger partial charge >= 0.3 is 0 Å². The molecule has 0 atom stereocenters. The second kappa shape index (κ2) is 3.64. The summed E-state index contributed by atoms with van der Waals surface area (Å²) in [5.41, 5.74) is 1.09. The highest BCUT2D eigenvalue weighted by atomic mass is 32.1. The molecule has 66 valence electrons. The van der Waals surface area contributed by atoms with Gasteiger partial charge in [0.1, 0.15) is 5.01 Å². The lowest BCUT2D eigenvalue weighted by atomic mass is 10.2. The third-order valence-corrected chi connectivity index (χ3v) is 2.68. The lowest BCUT2D eigenvalue weighted by molar-refractivity contribution is 0.281. The molecule has 0 aromatic carbocycles. The van der Waals surface area contributed by atoms with Crippen LogP contribution in [0.2, 0.25) is 0 Å². The van der Waals surface area contributed by atoms with E-state index in [4.69, 9.17) is 5.11 Å². The molecule has 0 saturated carbocycles. The molecule has 4 heteroatoms. The molecule has 0 radical (unpaired) electrons. The van der Waals surface area contributed by atoms with Crippen LogP contribution in [0.4, 0.5) is 0 Å². The average Bonchev–Trinajstić information content (AvgIpc) is 2.67. The molecule has 2 aromatic rings. The molecule has 0 amide bonds. The van der Waals surface area contributed by atoms with Crippen LogP contribution in [0.3, 0.4) is 0 Å². The first-order valence-electron chi connectivity index (χ1n) is 3.86. The third kappa shape index (κ3) is 1.74. The van der Waals surface area contributed by atoms with Gasteiger partial charge in [0.25, 0.3) is 0 Å². The van der Waals surface area contributed by atoms with Crippen LogP contribution in [-0.4, -0.2) is 15.1 Å². The minimum Gasteiger partial charge on any atom is -0.389 e. The standard InChI is InChI=1S/C9H8N2OS/c12-6-9-11-5-8(13-9)7-1-3-10-4-2-7/h1-5,12H,6H2. The van der Waals surface area contributed by atoms with Crippen molar-refractivity contribution in [2.75, 3.05) is 0 Å². The van der Waals surface area contributed by atoms with Gasteiger partial charge < -0.3 is 5.11 Å². The minimum atomic E-state index is 0.00967. The van der Waals surface area contributed by atoms with Crippen molar-refractivity contribution in [3.8, 4) is 10.4 Å². The van der Waals surface area contributed by atoms with Crippen LogP contribution in [0.25, 0.3) is 10.4 Å². The fraction of sp³-hybridized carbons (Fsp3) is 0.111. The molecule has 0 bridgehead atoms. The van der Waals surface area contributed by atoms with E-state index >= 15 is 0 Å². The van der Waals surface area contributed by atoms with E-state index in [1.165, 1.54) is 11.3 Å². The van der Waals surface area contributed by atoms with E-state index < -0.39 is 0 Å². The molecule has 13 heavy (non-hydrogen) atoms. The van der Waals surface area contributed by atoms with Crippen LogP contribution in [-0.2, 0) is 6.61 Å². The highest BCUT2D eigenvalue weighted by molar-refractivity contribution is 7.15. The quantitative estimate of drug-likeness (QED) is 0.787. The van der Waals surface area contributed by atoms with Crippen LogP contribution in [0.5, 0.6) is 0 Å². The molecule has 0 aliphatic carbocycles. The van der Waals surface area contributed by atoms with E-state index in [9.17, 15) is 0 Å². The smallest absolute Gasteiger partial charge is 0.119 e. The molecule has 2 aromatic heterocycles. The second-order valence-electron chi connectivity index (χ2n) is 2.51. The Bertz CT molecular complexity index is 386. The Balaban J connectivity index is 2.36. The van der Waals surface area contributed by atoms with Gasteiger partial charge in [0.2, 0.25) is 0 Å². The Labute approximate surface area is 79.7 Å². The summed E-state index contributed by atoms with van der Waals surface area (Å²) in [7, 11) is 0. The van der Waals surface area contributed by atoms with Crippen LogP contribution in [0.15, 0.2) is 30.7 Å². The first-order chi connectivity index (χ1) is 6.40. The molecule has 0 saturated heterocycles. The predicted molar refractivity (Wildman–Crippen MR) is 51.3 cm³/mol. The summed E-state index contributed by atoms with van der Waals surface area (Å²) >= 11 is 1.50. The summed E-state index contributed by atoms with van der Waals surface area (Å²) in [6.07, 6.45) is 5.26. The van der Waals surface area contributed by atoms with Gasteiger partial charge in [-0.1, -0.05) is 0 Å². The van der Waals surface area contributed by atoms with E-state index in [0.717, 1.165) is 15.4 Å². The molecule has 0 unspecified atom stereocenters. The zero-order valence-electron chi connectivity index (χ0n) is 6.84. The van der Waals surface area contributed by atoms with Crippen molar-refractivity contribution >= 4 is 11.3 Å². The van der Waals surface area contributed by atoms with Crippen LogP contribution < -0.4 is 0 Å². The molecule has 0 spiro atoms. The summed E-state index contributed by atoms with van der Waals surface area (Å²) in [6.45, 7) is 0.00967. The third-order valence-electron chi connectivity index (χ3n) is 1.65. The Morgan fingerprint density at radius 3 is 2.69 bits per heavy atom. The number of aromatic nitrogens is 2. The highest BCUT2D eigenvalue weighted by Gasteiger charge is 2.02. The van der Waals surface area contributed by atoms with Crippen LogP contribution in [0, 0.1) is 0 Å². The lowest BCUT2D eigenvalue weighted by Crippen LogP contribution is -1.75. The molecule has 2 heterocycles. The van der Waals surface area contributed by atoms with E-state index in [1.54, 1.807) is 18.6 Å². The number of hydrogen-bond donors (Lipinski definition) is 1. The van der Waals surface area contributed by atoms with Gasteiger partial charge in [-0.25, -0.2) is 4.98 Å². The first-order valence-corrected chi connectivity index (χ1v) is 4.68. The van der Waals surface area contributed by atoms with Gasteiger partial charge in [-0.3, -0.25) is 4.98 Å². The Kier molecular flexibility index (Phi) is 2.33. The van der Waals surface area contributed by atoms with Crippen molar-refractivity contribution in [2.24, 2.45) is 0 Å². The second-order valence-corrected chi connectivity index (χ2v) is 3.63. The van der Waals surface area contributed by atoms with Gasteiger partial charge in [0, 0.05) is 18.6 Å². The number of thiazole rings is 1. The van der Waals surface area contributed by atoms with E-state index in [-0.39, 0.29) is 6.61 Å². The lowest BCUT2D eigenvalue weighted by Gasteiger charge is -1.92. The first kappa shape index (κ1) is 8.34. The number of aliphatic hydroxyl groups is 1. The number of nitrogens with zero attached hydrogens (tertiary/aromatic N) is 2. The maximum absolute atomic E-state index is 8.83. The molecular weight excluding hydrogens is 184 g/mol. The van der Waals surface area contributed by atoms with E-state index in [1.807, 2.05) is 12.1 Å². The van der Waals surface area contributed by atoms with Crippen molar-refractivity contribution in [1.82, 2.24) is 9.97 Å². The van der Waals surface area contributed by atoms with Crippen molar-refractivity contribution in [1.29, 1.82) is 0 Å². The zero-order chi connectivity index (χ0) is 9.10. The van der Waals surface area contributed by atoms with Crippen molar-refractivity contribution in [2.45, 2.75) is 6.61 Å². The normalized spacial score (nSPS) is 10.2. The largest absolute Gasteiger partial charge is 0.389 e. The fourth-order valence-electron chi connectivity index (χ4n) is 1.03. The maximum atomic E-state index is 8.83. The van der Waals surface area contributed by atoms with Crippen molar-refractivity contribution in [3.05, 3.63) is 35.7 Å². The Morgan fingerprint density at radius 2 is 2.08 bits per heavy atom. The van der Waals surface area contributed by atoms with Crippen molar-refractivity contribution < 1.29 is 5.11 Å². The fourth-order valence-corrected chi connectivity index (χ4v) is 1.82. The maximum Gasteiger partial charge on any atom is 0.119 e. The Hall–Kier alpha value is -1.26. The van der Waals surface area contributed by atoms with Gasteiger partial charge in [0.05, 0.1) is 11.5 Å². The number of pyridine rings is 1. The van der Waals surface area contributed by atoms with Gasteiger partial charge in [-0.15, -0.1) is 11.3 Å². The van der Waals surface area contributed by atoms with E-state index in [0.29, 0.717) is 0 Å². The number of rotatable bonds is 2. The molecular formula is C9H8N2OS. The topological polar surface area (TPSA) is 46.0 Å². The molecule has 2 rings (SSSR count). The molecule has 3 nitrogen and oxygen atoms in total. The minimum absolute atomic E-state index is 0.00967. The predicted octanol–water partition coefficient (Wildman–Crippen LogP) is 1.70. The molecule has 0 fully saturated rings. The van der Waals surface area contributed by atoms with Gasteiger partial charge in [-0.05, 0) is 17.7 Å². The number of aliphatic hydroxyl groups excluding tert-OH is 1. The molecule has 1 N–H and O–H groups in total. The SMILES string of the molecule is OCc1ncc(-c2ccncc2)s1. The van der Waals surface area contributed by atoms with Gasteiger partial charge in [0.15, 0.2) is 0 Å². The van der Waals surface area contributed by atoms with Crippen molar-refractivity contribution in [3.63, 3.8) is 0 Å². The van der Waals surface area contributed by atoms with E-state index in [2.05, 4.69) is 9.97 Å². The monoisotopic (exact) mass is 192 g/mol. The average molecular weight is 192 g/mol. The van der Waals surface area contributed by atoms with Crippen LogP contribution in [0.1, 0.15) is 5.01 Å². The van der Waals surface area contributed by atoms with Crippen LogP contribution >= 0.6 is 11.3 Å². The summed E-state index contributed by atoms with van der Waals surface area (Å²) in [6, 6.07) is 3.85. The zero-order valence-corrected chi connectivity index (χ0v) is 7.66. The Morgan fingerprint density at radius 1 is 1.31 bits per heavy atom. The molecule has 0 aliphatic heterocycles. The summed E-state index contributed by atoms with van der Waals surface area (Å²) in [4.78, 5) is 9.05. The molecule has 0 aliphatic rings. The highest BCUT2D eigenvalue weighted by Crippen LogP contribution is 2.24. The number of hydrogen-bond acceptors (Lipinski definition) is 4. The summed E-state index contributed by atoms with van der Waals surface area (Å²) < 4.78 is 0. The summed E-state index contributed by atoms with van der Waals surface area (Å²) in [5, 5.41) is 9.58. The van der Waals surface area contributed by atoms with Gasteiger partial charge in [-0.2, -0.15) is 0 Å². The summed E-state index contributed by atoms with van der Waals surface area (Å²) in [5.74, 6) is 0.